The van der Waals surface area contributed by atoms with E-state index in [1.165, 1.54) is 0 Å². The summed E-state index contributed by atoms with van der Waals surface area (Å²) in [5, 5.41) is 1.30. The van der Waals surface area contributed by atoms with Crippen LogP contribution in [0.15, 0.2) is 42.5 Å². The zero-order chi connectivity index (χ0) is 19.9. The molecule has 1 fully saturated rings. The Hall–Kier alpha value is -2.54. The number of halogens is 4. The van der Waals surface area contributed by atoms with Crippen molar-refractivity contribution in [1.82, 2.24) is 9.97 Å². The zero-order valence-electron chi connectivity index (χ0n) is 15.2. The van der Waals surface area contributed by atoms with Gasteiger partial charge in [-0.1, -0.05) is 29.3 Å². The SMILES string of the molecule is Cc1ccc2nc(C(F)(F)F)nc(N3CCN(c4cccc(Cl)c4)CC3)c2c1. The van der Waals surface area contributed by atoms with Gasteiger partial charge in [0.05, 0.1) is 5.52 Å². The van der Waals surface area contributed by atoms with Gasteiger partial charge < -0.3 is 9.80 Å². The molecule has 3 aromatic rings. The monoisotopic (exact) mass is 406 g/mol. The molecule has 4 nitrogen and oxygen atoms in total. The van der Waals surface area contributed by atoms with Crippen molar-refractivity contribution >= 4 is 34.0 Å². The van der Waals surface area contributed by atoms with E-state index in [0.29, 0.717) is 47.9 Å². The van der Waals surface area contributed by atoms with Gasteiger partial charge in [0.25, 0.3) is 0 Å². The second kappa shape index (κ2) is 7.13. The van der Waals surface area contributed by atoms with Crippen molar-refractivity contribution in [3.8, 4) is 0 Å². The van der Waals surface area contributed by atoms with Gasteiger partial charge in [-0.05, 0) is 37.3 Å². The van der Waals surface area contributed by atoms with Gasteiger partial charge in [-0.2, -0.15) is 13.2 Å². The molecular formula is C20H18ClF3N4. The summed E-state index contributed by atoms with van der Waals surface area (Å²) < 4.78 is 39.9. The average molecular weight is 407 g/mol. The normalized spacial score (nSPS) is 15.3. The molecule has 2 heterocycles. The van der Waals surface area contributed by atoms with E-state index in [0.717, 1.165) is 11.3 Å². The molecule has 0 N–H and O–H groups in total. The maximum Gasteiger partial charge on any atom is 0.451 e. The lowest BCUT2D eigenvalue weighted by Crippen LogP contribution is -2.47. The number of aryl methyl sites for hydroxylation is 1. The van der Waals surface area contributed by atoms with Gasteiger partial charge >= 0.3 is 6.18 Å². The lowest BCUT2D eigenvalue weighted by atomic mass is 10.1. The highest BCUT2D eigenvalue weighted by molar-refractivity contribution is 6.30. The molecule has 0 aliphatic carbocycles. The van der Waals surface area contributed by atoms with E-state index in [1.807, 2.05) is 42.2 Å². The smallest absolute Gasteiger partial charge is 0.368 e. The van der Waals surface area contributed by atoms with Gasteiger partial charge in [0.15, 0.2) is 0 Å². The third-order valence-electron chi connectivity index (χ3n) is 4.84. The molecule has 146 valence electrons. The first-order valence-electron chi connectivity index (χ1n) is 8.92. The molecule has 0 spiro atoms. The second-order valence-electron chi connectivity index (χ2n) is 6.84. The van der Waals surface area contributed by atoms with Crippen molar-refractivity contribution in [3.05, 3.63) is 58.9 Å². The average Bonchev–Trinajstić information content (AvgIpc) is 2.66. The van der Waals surface area contributed by atoms with Crippen molar-refractivity contribution in [3.63, 3.8) is 0 Å². The molecule has 28 heavy (non-hydrogen) atoms. The Bertz CT molecular complexity index is 1010. The lowest BCUT2D eigenvalue weighted by Gasteiger charge is -2.37. The number of anilines is 2. The standard InChI is InChI=1S/C20H18ClF3N4/c1-13-5-6-17-16(11-13)18(26-19(25-17)20(22,23)24)28-9-7-27(8-10-28)15-4-2-3-14(21)12-15/h2-6,11-12H,7-10H2,1H3. The van der Waals surface area contributed by atoms with Crippen LogP contribution in [-0.4, -0.2) is 36.1 Å². The summed E-state index contributed by atoms with van der Waals surface area (Å²) in [4.78, 5) is 11.7. The maximum absolute atomic E-state index is 13.3. The highest BCUT2D eigenvalue weighted by Gasteiger charge is 2.36. The van der Waals surface area contributed by atoms with Crippen LogP contribution in [0.25, 0.3) is 10.9 Å². The lowest BCUT2D eigenvalue weighted by molar-refractivity contribution is -0.144. The largest absolute Gasteiger partial charge is 0.451 e. The minimum Gasteiger partial charge on any atom is -0.368 e. The molecule has 0 radical (unpaired) electrons. The first-order valence-corrected chi connectivity index (χ1v) is 9.30. The van der Waals surface area contributed by atoms with E-state index in [2.05, 4.69) is 14.9 Å². The fourth-order valence-electron chi connectivity index (χ4n) is 3.44. The Morgan fingerprint density at radius 1 is 0.929 bits per heavy atom. The van der Waals surface area contributed by atoms with Crippen LogP contribution in [0.3, 0.4) is 0 Å². The summed E-state index contributed by atoms with van der Waals surface area (Å²) in [6.45, 7) is 4.35. The Morgan fingerprint density at radius 2 is 1.64 bits per heavy atom. The van der Waals surface area contributed by atoms with E-state index in [4.69, 9.17) is 11.6 Å². The van der Waals surface area contributed by atoms with Crippen LogP contribution in [0.4, 0.5) is 24.7 Å². The molecule has 1 saturated heterocycles. The van der Waals surface area contributed by atoms with Crippen LogP contribution < -0.4 is 9.80 Å². The number of rotatable bonds is 2. The summed E-state index contributed by atoms with van der Waals surface area (Å²) >= 11 is 6.07. The van der Waals surface area contributed by atoms with Crippen molar-refractivity contribution in [2.24, 2.45) is 0 Å². The van der Waals surface area contributed by atoms with Crippen LogP contribution >= 0.6 is 11.6 Å². The number of piperazine rings is 1. The fourth-order valence-corrected chi connectivity index (χ4v) is 3.63. The Balaban J connectivity index is 1.66. The van der Waals surface area contributed by atoms with E-state index < -0.39 is 12.0 Å². The highest BCUT2D eigenvalue weighted by atomic mass is 35.5. The molecule has 8 heteroatoms. The van der Waals surface area contributed by atoms with E-state index >= 15 is 0 Å². The summed E-state index contributed by atoms with van der Waals surface area (Å²) in [6.07, 6.45) is -4.59. The van der Waals surface area contributed by atoms with Crippen molar-refractivity contribution in [1.29, 1.82) is 0 Å². The van der Waals surface area contributed by atoms with Crippen LogP contribution in [0, 0.1) is 6.92 Å². The number of alkyl halides is 3. The predicted molar refractivity (Wildman–Crippen MR) is 105 cm³/mol. The topological polar surface area (TPSA) is 32.3 Å². The molecule has 4 rings (SSSR count). The first kappa shape index (κ1) is 18.8. The van der Waals surface area contributed by atoms with E-state index in [1.54, 1.807) is 12.1 Å². The van der Waals surface area contributed by atoms with Gasteiger partial charge in [0.2, 0.25) is 5.82 Å². The van der Waals surface area contributed by atoms with Gasteiger partial charge in [0, 0.05) is 42.3 Å². The quantitative estimate of drug-likeness (QED) is 0.603. The molecule has 0 amide bonds. The zero-order valence-corrected chi connectivity index (χ0v) is 15.9. The van der Waals surface area contributed by atoms with E-state index in [9.17, 15) is 13.2 Å². The fraction of sp³-hybridized carbons (Fsp3) is 0.300. The Morgan fingerprint density at radius 3 is 2.32 bits per heavy atom. The summed E-state index contributed by atoms with van der Waals surface area (Å²) in [5.41, 5.74) is 2.27. The summed E-state index contributed by atoms with van der Waals surface area (Å²) in [7, 11) is 0. The first-order chi connectivity index (χ1) is 13.3. The van der Waals surface area contributed by atoms with E-state index in [-0.39, 0.29) is 0 Å². The van der Waals surface area contributed by atoms with Gasteiger partial charge in [0.1, 0.15) is 5.82 Å². The number of hydrogen-bond donors (Lipinski definition) is 0. The van der Waals surface area contributed by atoms with Crippen LogP contribution in [-0.2, 0) is 6.18 Å². The predicted octanol–water partition coefficient (Wildman–Crippen LogP) is 4.94. The summed E-state index contributed by atoms with van der Waals surface area (Å²) in [6, 6.07) is 12.8. The summed E-state index contributed by atoms with van der Waals surface area (Å²) in [5.74, 6) is -0.761. The molecule has 0 bridgehead atoms. The minimum absolute atomic E-state index is 0.306. The third kappa shape index (κ3) is 3.71. The molecular weight excluding hydrogens is 389 g/mol. The Kier molecular flexibility index (Phi) is 4.79. The molecule has 0 unspecified atom stereocenters. The molecule has 2 aromatic carbocycles. The maximum atomic E-state index is 13.3. The van der Waals surface area contributed by atoms with Gasteiger partial charge in [-0.15, -0.1) is 0 Å². The number of benzene rings is 2. The Labute approximate surface area is 165 Å². The molecule has 1 aliphatic rings. The van der Waals surface area contributed by atoms with Crippen LogP contribution in [0.5, 0.6) is 0 Å². The number of fused-ring (bicyclic) bond motifs is 1. The van der Waals surface area contributed by atoms with Crippen LogP contribution in [0.2, 0.25) is 5.02 Å². The number of hydrogen-bond acceptors (Lipinski definition) is 4. The number of nitrogens with zero attached hydrogens (tertiary/aromatic N) is 4. The number of aromatic nitrogens is 2. The van der Waals surface area contributed by atoms with Crippen molar-refractivity contribution < 1.29 is 13.2 Å². The van der Waals surface area contributed by atoms with Gasteiger partial charge in [-0.25, -0.2) is 9.97 Å². The van der Waals surface area contributed by atoms with Crippen molar-refractivity contribution in [2.45, 2.75) is 13.1 Å². The molecule has 0 saturated carbocycles. The highest BCUT2D eigenvalue weighted by Crippen LogP contribution is 2.33. The molecule has 0 atom stereocenters. The van der Waals surface area contributed by atoms with Gasteiger partial charge in [-0.3, -0.25) is 0 Å². The molecule has 1 aromatic heterocycles. The second-order valence-corrected chi connectivity index (χ2v) is 7.28. The molecule has 1 aliphatic heterocycles. The third-order valence-corrected chi connectivity index (χ3v) is 5.07. The van der Waals surface area contributed by atoms with Crippen LogP contribution in [0.1, 0.15) is 11.4 Å². The van der Waals surface area contributed by atoms with Crippen molar-refractivity contribution in [2.75, 3.05) is 36.0 Å². The minimum atomic E-state index is -4.59.